The normalized spacial score (nSPS) is 21.5. The molecule has 1 aliphatic rings. The van der Waals surface area contributed by atoms with E-state index >= 15 is 0 Å². The molecule has 0 bridgehead atoms. The van der Waals surface area contributed by atoms with Crippen LogP contribution in [0.1, 0.15) is 18.9 Å². The number of hydrogen-bond donors (Lipinski definition) is 1. The SMILES string of the molecule is C[C@@H](N)C(=O)N1CCC(Cc2ccccc2)C1. The largest absolute Gasteiger partial charge is 0.341 e. The van der Waals surface area contributed by atoms with Crippen LogP contribution in [-0.4, -0.2) is 29.9 Å². The first-order chi connectivity index (χ1) is 8.16. The van der Waals surface area contributed by atoms with Crippen molar-refractivity contribution >= 4 is 5.91 Å². The molecule has 0 saturated carbocycles. The highest BCUT2D eigenvalue weighted by molar-refractivity contribution is 5.81. The Labute approximate surface area is 103 Å². The molecule has 2 atom stereocenters. The molecule has 17 heavy (non-hydrogen) atoms. The molecular formula is C14H20N2O. The Morgan fingerprint density at radius 2 is 2.18 bits per heavy atom. The van der Waals surface area contributed by atoms with Gasteiger partial charge in [0.1, 0.15) is 0 Å². The number of carbonyl (C=O) groups excluding carboxylic acids is 1. The summed E-state index contributed by atoms with van der Waals surface area (Å²) in [6, 6.07) is 10.1. The van der Waals surface area contributed by atoms with Gasteiger partial charge in [0.2, 0.25) is 5.91 Å². The van der Waals surface area contributed by atoms with Crippen LogP contribution in [0.3, 0.4) is 0 Å². The number of hydrogen-bond acceptors (Lipinski definition) is 2. The minimum absolute atomic E-state index is 0.0839. The van der Waals surface area contributed by atoms with Crippen molar-refractivity contribution in [1.82, 2.24) is 4.90 Å². The molecule has 1 aliphatic heterocycles. The highest BCUT2D eigenvalue weighted by Gasteiger charge is 2.27. The second-order valence-electron chi connectivity index (χ2n) is 4.92. The minimum atomic E-state index is -0.370. The molecule has 92 valence electrons. The van der Waals surface area contributed by atoms with Crippen LogP contribution in [0.15, 0.2) is 30.3 Å². The van der Waals surface area contributed by atoms with E-state index in [9.17, 15) is 4.79 Å². The summed E-state index contributed by atoms with van der Waals surface area (Å²) < 4.78 is 0. The Morgan fingerprint density at radius 3 is 2.82 bits per heavy atom. The van der Waals surface area contributed by atoms with Crippen molar-refractivity contribution in [2.24, 2.45) is 11.7 Å². The standard InChI is InChI=1S/C14H20N2O/c1-11(15)14(17)16-8-7-13(10-16)9-12-5-3-2-4-6-12/h2-6,11,13H,7-10,15H2,1H3/t11-,13?/m1/s1. The average Bonchev–Trinajstić information content (AvgIpc) is 2.77. The van der Waals surface area contributed by atoms with Gasteiger partial charge in [-0.15, -0.1) is 0 Å². The van der Waals surface area contributed by atoms with Crippen LogP contribution in [0.4, 0.5) is 0 Å². The molecule has 1 unspecified atom stereocenters. The second kappa shape index (κ2) is 5.32. The lowest BCUT2D eigenvalue weighted by Gasteiger charge is -2.18. The van der Waals surface area contributed by atoms with Gasteiger partial charge in [-0.2, -0.15) is 0 Å². The van der Waals surface area contributed by atoms with Crippen LogP contribution in [0.5, 0.6) is 0 Å². The predicted molar refractivity (Wildman–Crippen MR) is 68.5 cm³/mol. The lowest BCUT2D eigenvalue weighted by Crippen LogP contribution is -2.40. The summed E-state index contributed by atoms with van der Waals surface area (Å²) in [4.78, 5) is 13.6. The van der Waals surface area contributed by atoms with Crippen molar-refractivity contribution < 1.29 is 4.79 Å². The fourth-order valence-corrected chi connectivity index (χ4v) is 2.43. The Bertz CT molecular complexity index is 375. The minimum Gasteiger partial charge on any atom is -0.341 e. The fraction of sp³-hybridized carbons (Fsp3) is 0.500. The monoisotopic (exact) mass is 232 g/mol. The smallest absolute Gasteiger partial charge is 0.239 e. The van der Waals surface area contributed by atoms with E-state index in [0.29, 0.717) is 5.92 Å². The van der Waals surface area contributed by atoms with E-state index in [-0.39, 0.29) is 11.9 Å². The number of benzene rings is 1. The van der Waals surface area contributed by atoms with Crippen molar-refractivity contribution in [1.29, 1.82) is 0 Å². The Morgan fingerprint density at radius 1 is 1.47 bits per heavy atom. The van der Waals surface area contributed by atoms with E-state index in [1.807, 2.05) is 11.0 Å². The molecule has 1 heterocycles. The van der Waals surface area contributed by atoms with Gasteiger partial charge in [0, 0.05) is 13.1 Å². The van der Waals surface area contributed by atoms with Crippen LogP contribution in [0.25, 0.3) is 0 Å². The van der Waals surface area contributed by atoms with Crippen molar-refractivity contribution in [2.45, 2.75) is 25.8 Å². The summed E-state index contributed by atoms with van der Waals surface area (Å²) in [5, 5.41) is 0. The topological polar surface area (TPSA) is 46.3 Å². The third kappa shape index (κ3) is 3.07. The Kier molecular flexibility index (Phi) is 3.79. The van der Waals surface area contributed by atoms with Crippen molar-refractivity contribution in [3.63, 3.8) is 0 Å². The maximum atomic E-state index is 11.7. The first kappa shape index (κ1) is 12.1. The van der Waals surface area contributed by atoms with Crippen molar-refractivity contribution in [3.8, 4) is 0 Å². The molecule has 1 fully saturated rings. The summed E-state index contributed by atoms with van der Waals surface area (Å²) >= 11 is 0. The molecule has 1 amide bonds. The van der Waals surface area contributed by atoms with E-state index < -0.39 is 0 Å². The van der Waals surface area contributed by atoms with E-state index in [1.54, 1.807) is 6.92 Å². The van der Waals surface area contributed by atoms with Gasteiger partial charge in [0.15, 0.2) is 0 Å². The van der Waals surface area contributed by atoms with Gasteiger partial charge in [-0.3, -0.25) is 4.79 Å². The number of rotatable bonds is 3. The van der Waals surface area contributed by atoms with Crippen LogP contribution in [-0.2, 0) is 11.2 Å². The first-order valence-electron chi connectivity index (χ1n) is 6.25. The van der Waals surface area contributed by atoms with E-state index in [0.717, 1.165) is 25.9 Å². The first-order valence-corrected chi connectivity index (χ1v) is 6.25. The second-order valence-corrected chi connectivity index (χ2v) is 4.92. The summed E-state index contributed by atoms with van der Waals surface area (Å²) in [6.45, 7) is 3.47. The highest BCUT2D eigenvalue weighted by atomic mass is 16.2. The van der Waals surface area contributed by atoms with E-state index in [4.69, 9.17) is 5.73 Å². The third-order valence-corrected chi connectivity index (χ3v) is 3.35. The van der Waals surface area contributed by atoms with Crippen molar-refractivity contribution in [2.75, 3.05) is 13.1 Å². The molecule has 2 rings (SSSR count). The number of nitrogens with two attached hydrogens (primary N) is 1. The van der Waals surface area contributed by atoms with Gasteiger partial charge >= 0.3 is 0 Å². The van der Waals surface area contributed by atoms with E-state index in [2.05, 4.69) is 24.3 Å². The van der Waals surface area contributed by atoms with Gasteiger partial charge in [0.25, 0.3) is 0 Å². The zero-order chi connectivity index (χ0) is 12.3. The van der Waals surface area contributed by atoms with Crippen LogP contribution >= 0.6 is 0 Å². The average molecular weight is 232 g/mol. The lowest BCUT2D eigenvalue weighted by molar-refractivity contribution is -0.131. The maximum absolute atomic E-state index is 11.7. The van der Waals surface area contributed by atoms with Crippen LogP contribution < -0.4 is 5.73 Å². The highest BCUT2D eigenvalue weighted by Crippen LogP contribution is 2.21. The third-order valence-electron chi connectivity index (χ3n) is 3.35. The predicted octanol–water partition coefficient (Wildman–Crippen LogP) is 1.42. The molecule has 1 aromatic carbocycles. The number of nitrogens with zero attached hydrogens (tertiary/aromatic N) is 1. The van der Waals surface area contributed by atoms with Crippen LogP contribution in [0, 0.1) is 5.92 Å². The summed E-state index contributed by atoms with van der Waals surface area (Å²) in [5.74, 6) is 0.667. The van der Waals surface area contributed by atoms with Crippen molar-refractivity contribution in [3.05, 3.63) is 35.9 Å². The molecular weight excluding hydrogens is 212 g/mol. The van der Waals surface area contributed by atoms with E-state index in [1.165, 1.54) is 5.56 Å². The maximum Gasteiger partial charge on any atom is 0.239 e. The van der Waals surface area contributed by atoms with Gasteiger partial charge in [-0.25, -0.2) is 0 Å². The fourth-order valence-electron chi connectivity index (χ4n) is 2.43. The van der Waals surface area contributed by atoms with Crippen LogP contribution in [0.2, 0.25) is 0 Å². The molecule has 0 spiro atoms. The molecule has 1 saturated heterocycles. The number of likely N-dealkylation sites (tertiary alicyclic amines) is 1. The quantitative estimate of drug-likeness (QED) is 0.857. The lowest BCUT2D eigenvalue weighted by atomic mass is 9.99. The molecule has 2 N–H and O–H groups in total. The van der Waals surface area contributed by atoms with Gasteiger partial charge in [-0.1, -0.05) is 30.3 Å². The molecule has 3 heteroatoms. The zero-order valence-corrected chi connectivity index (χ0v) is 10.3. The zero-order valence-electron chi connectivity index (χ0n) is 10.3. The molecule has 3 nitrogen and oxygen atoms in total. The summed E-state index contributed by atoms with van der Waals surface area (Å²) in [5.41, 5.74) is 6.98. The Balaban J connectivity index is 1.88. The molecule has 0 radical (unpaired) electrons. The number of carbonyl (C=O) groups is 1. The van der Waals surface area contributed by atoms with Gasteiger partial charge in [0.05, 0.1) is 6.04 Å². The summed E-state index contributed by atoms with van der Waals surface area (Å²) in [7, 11) is 0. The van der Waals surface area contributed by atoms with Gasteiger partial charge in [-0.05, 0) is 31.2 Å². The molecule has 1 aromatic rings. The molecule has 0 aliphatic carbocycles. The summed E-state index contributed by atoms with van der Waals surface area (Å²) in [6.07, 6.45) is 2.15. The Hall–Kier alpha value is -1.35. The van der Waals surface area contributed by atoms with Gasteiger partial charge < -0.3 is 10.6 Å². The number of amides is 1. The molecule has 0 aromatic heterocycles.